The van der Waals surface area contributed by atoms with Crippen LogP contribution in [0.15, 0.2) is 30.3 Å². The first kappa shape index (κ1) is 19.4. The van der Waals surface area contributed by atoms with E-state index in [1.807, 2.05) is 37.3 Å². The van der Waals surface area contributed by atoms with E-state index in [-0.39, 0.29) is 24.6 Å². The van der Waals surface area contributed by atoms with Crippen LogP contribution in [0.4, 0.5) is 4.79 Å². The van der Waals surface area contributed by atoms with Gasteiger partial charge in [-0.2, -0.15) is 0 Å². The van der Waals surface area contributed by atoms with Gasteiger partial charge in [-0.25, -0.2) is 9.48 Å². The number of hydrogen-bond donors (Lipinski definition) is 0. The third kappa shape index (κ3) is 4.11. The van der Waals surface area contributed by atoms with Crippen molar-refractivity contribution in [1.82, 2.24) is 24.8 Å². The average Bonchev–Trinajstić information content (AvgIpc) is 3.42. The predicted octanol–water partition coefficient (Wildman–Crippen LogP) is 2.80. The molecule has 2 aliphatic heterocycles. The number of aromatic nitrogens is 3. The summed E-state index contributed by atoms with van der Waals surface area (Å²) in [5.41, 5.74) is 1.93. The summed E-state index contributed by atoms with van der Waals surface area (Å²) in [6.45, 7) is 4.24. The van der Waals surface area contributed by atoms with Crippen molar-refractivity contribution in [3.8, 4) is 5.69 Å². The molecule has 1 unspecified atom stereocenters. The minimum absolute atomic E-state index is 0.121. The number of nitrogens with zero attached hydrogens (tertiary/aromatic N) is 5. The van der Waals surface area contributed by atoms with Gasteiger partial charge in [0, 0.05) is 19.6 Å². The molecule has 0 saturated carbocycles. The van der Waals surface area contributed by atoms with E-state index in [1.165, 1.54) is 0 Å². The minimum Gasteiger partial charge on any atom is -0.447 e. The van der Waals surface area contributed by atoms with Crippen molar-refractivity contribution in [2.45, 2.75) is 45.1 Å². The van der Waals surface area contributed by atoms with E-state index < -0.39 is 0 Å². The molecule has 1 atom stereocenters. The van der Waals surface area contributed by atoms with E-state index in [0.29, 0.717) is 17.9 Å². The van der Waals surface area contributed by atoms with Crippen molar-refractivity contribution < 1.29 is 14.3 Å². The van der Waals surface area contributed by atoms with Gasteiger partial charge in [0.05, 0.1) is 17.4 Å². The minimum atomic E-state index is -0.272. The third-order valence-electron chi connectivity index (χ3n) is 5.75. The number of rotatable bonds is 4. The van der Waals surface area contributed by atoms with Crippen LogP contribution in [0.2, 0.25) is 0 Å². The number of ether oxygens (including phenoxy) is 1. The van der Waals surface area contributed by atoms with Gasteiger partial charge >= 0.3 is 6.09 Å². The number of carbonyl (C=O) groups excluding carboxylic acids is 2. The predicted molar refractivity (Wildman–Crippen MR) is 107 cm³/mol. The van der Waals surface area contributed by atoms with Crippen molar-refractivity contribution in [3.63, 3.8) is 0 Å². The number of piperidine rings is 1. The first-order valence-corrected chi connectivity index (χ1v) is 10.4. The molecule has 2 fully saturated rings. The molecule has 0 bridgehead atoms. The fraction of sp³-hybridized carbons (Fsp3) is 0.524. The zero-order chi connectivity index (χ0) is 20.2. The molecule has 1 aromatic carbocycles. The summed E-state index contributed by atoms with van der Waals surface area (Å²) in [6.07, 6.45) is 4.57. The van der Waals surface area contributed by atoms with Crippen molar-refractivity contribution in [1.29, 1.82) is 0 Å². The lowest BCUT2D eigenvalue weighted by atomic mass is 10.0. The third-order valence-corrected chi connectivity index (χ3v) is 5.75. The van der Waals surface area contributed by atoms with Gasteiger partial charge < -0.3 is 14.5 Å². The SMILES string of the molecule is Cc1c(C(=O)N2CCCCC2COC(=O)N2CCCC2)nnn1-c1ccccc1. The Morgan fingerprint density at radius 3 is 2.55 bits per heavy atom. The number of benzene rings is 1. The molecule has 0 spiro atoms. The molecule has 0 radical (unpaired) electrons. The van der Waals surface area contributed by atoms with Crippen LogP contribution in [0.25, 0.3) is 5.69 Å². The lowest BCUT2D eigenvalue weighted by Gasteiger charge is -2.35. The molecule has 154 valence electrons. The summed E-state index contributed by atoms with van der Waals surface area (Å²) in [4.78, 5) is 29.0. The fourth-order valence-electron chi connectivity index (χ4n) is 4.08. The molecular weight excluding hydrogens is 370 g/mol. The highest BCUT2D eigenvalue weighted by molar-refractivity contribution is 5.93. The van der Waals surface area contributed by atoms with Gasteiger partial charge in [0.15, 0.2) is 5.69 Å². The molecule has 0 N–H and O–H groups in total. The zero-order valence-electron chi connectivity index (χ0n) is 16.8. The topological polar surface area (TPSA) is 80.6 Å². The van der Waals surface area contributed by atoms with Crippen molar-refractivity contribution >= 4 is 12.0 Å². The van der Waals surface area contributed by atoms with Crippen LogP contribution in [0.1, 0.15) is 48.3 Å². The van der Waals surface area contributed by atoms with Gasteiger partial charge in [-0.05, 0) is 51.2 Å². The van der Waals surface area contributed by atoms with E-state index in [4.69, 9.17) is 4.74 Å². The Labute approximate surface area is 170 Å². The number of carbonyl (C=O) groups is 2. The molecule has 29 heavy (non-hydrogen) atoms. The largest absolute Gasteiger partial charge is 0.447 e. The molecule has 2 aromatic rings. The van der Waals surface area contributed by atoms with Gasteiger partial charge in [-0.1, -0.05) is 23.4 Å². The van der Waals surface area contributed by atoms with Crippen LogP contribution in [-0.2, 0) is 4.74 Å². The summed E-state index contributed by atoms with van der Waals surface area (Å²) >= 11 is 0. The van der Waals surface area contributed by atoms with Crippen LogP contribution in [0, 0.1) is 6.92 Å². The van der Waals surface area contributed by atoms with E-state index in [2.05, 4.69) is 10.3 Å². The van der Waals surface area contributed by atoms with Gasteiger partial charge in [0.1, 0.15) is 6.61 Å². The average molecular weight is 397 g/mol. The second kappa shape index (κ2) is 8.63. The lowest BCUT2D eigenvalue weighted by molar-refractivity contribution is 0.0387. The zero-order valence-corrected chi connectivity index (χ0v) is 16.8. The Morgan fingerprint density at radius 2 is 1.79 bits per heavy atom. The monoisotopic (exact) mass is 397 g/mol. The summed E-state index contributed by atoms with van der Waals surface area (Å²) < 4.78 is 7.22. The van der Waals surface area contributed by atoms with E-state index in [1.54, 1.807) is 14.5 Å². The summed E-state index contributed by atoms with van der Waals surface area (Å²) in [6, 6.07) is 9.52. The van der Waals surface area contributed by atoms with Gasteiger partial charge in [-0.15, -0.1) is 5.10 Å². The van der Waals surface area contributed by atoms with Gasteiger partial charge in [0.2, 0.25) is 0 Å². The first-order valence-electron chi connectivity index (χ1n) is 10.4. The van der Waals surface area contributed by atoms with Crippen LogP contribution in [-0.4, -0.2) is 69.1 Å². The number of para-hydroxylation sites is 1. The van der Waals surface area contributed by atoms with Gasteiger partial charge in [0.25, 0.3) is 5.91 Å². The molecule has 2 amide bonds. The van der Waals surface area contributed by atoms with E-state index in [0.717, 1.165) is 50.9 Å². The van der Waals surface area contributed by atoms with E-state index in [9.17, 15) is 9.59 Å². The highest BCUT2D eigenvalue weighted by Gasteiger charge is 2.32. The maximum atomic E-state index is 13.2. The maximum absolute atomic E-state index is 13.2. The molecule has 4 rings (SSSR count). The lowest BCUT2D eigenvalue weighted by Crippen LogP contribution is -2.47. The smallest absolute Gasteiger partial charge is 0.409 e. The van der Waals surface area contributed by atoms with Crippen molar-refractivity contribution in [2.75, 3.05) is 26.2 Å². The molecule has 8 nitrogen and oxygen atoms in total. The van der Waals surface area contributed by atoms with Crippen LogP contribution < -0.4 is 0 Å². The van der Waals surface area contributed by atoms with Crippen LogP contribution in [0.5, 0.6) is 0 Å². The van der Waals surface area contributed by atoms with Crippen LogP contribution >= 0.6 is 0 Å². The molecule has 2 aliphatic rings. The van der Waals surface area contributed by atoms with E-state index >= 15 is 0 Å². The second-order valence-electron chi connectivity index (χ2n) is 7.69. The summed E-state index contributed by atoms with van der Waals surface area (Å²) in [7, 11) is 0. The Kier molecular flexibility index (Phi) is 5.78. The normalized spacial score (nSPS) is 19.4. The molecule has 2 saturated heterocycles. The number of amides is 2. The standard InChI is InChI=1S/C21H27N5O3/c1-16-19(22-23-26(16)17-9-3-2-4-10-17)20(27)25-14-6-5-11-18(25)15-29-21(28)24-12-7-8-13-24/h2-4,9-10,18H,5-8,11-15H2,1H3. The highest BCUT2D eigenvalue weighted by atomic mass is 16.6. The Balaban J connectivity index is 1.46. The Morgan fingerprint density at radius 1 is 1.07 bits per heavy atom. The summed E-state index contributed by atoms with van der Waals surface area (Å²) in [5, 5.41) is 8.35. The molecular formula is C21H27N5O3. The number of likely N-dealkylation sites (tertiary alicyclic amines) is 2. The molecule has 0 aliphatic carbocycles. The van der Waals surface area contributed by atoms with Gasteiger partial charge in [-0.3, -0.25) is 4.79 Å². The second-order valence-corrected chi connectivity index (χ2v) is 7.69. The molecule has 1 aromatic heterocycles. The summed E-state index contributed by atoms with van der Waals surface area (Å²) in [5.74, 6) is -0.147. The number of hydrogen-bond acceptors (Lipinski definition) is 5. The Bertz CT molecular complexity index is 860. The maximum Gasteiger partial charge on any atom is 0.409 e. The fourth-order valence-corrected chi connectivity index (χ4v) is 4.08. The quantitative estimate of drug-likeness (QED) is 0.793. The molecule has 3 heterocycles. The first-order chi connectivity index (χ1) is 14.1. The Hall–Kier alpha value is -2.90. The van der Waals surface area contributed by atoms with Crippen LogP contribution in [0.3, 0.4) is 0 Å². The highest BCUT2D eigenvalue weighted by Crippen LogP contribution is 2.22. The van der Waals surface area contributed by atoms with Crippen molar-refractivity contribution in [2.24, 2.45) is 0 Å². The molecule has 8 heteroatoms. The van der Waals surface area contributed by atoms with Crippen molar-refractivity contribution in [3.05, 3.63) is 41.7 Å².